The topological polar surface area (TPSA) is 82.2 Å². The molecule has 25 heavy (non-hydrogen) atoms. The van der Waals surface area contributed by atoms with Gasteiger partial charge >= 0.3 is 0 Å². The van der Waals surface area contributed by atoms with E-state index in [0.717, 1.165) is 44.7 Å². The fourth-order valence-corrected chi connectivity index (χ4v) is 3.44. The Morgan fingerprint density at radius 2 is 2.00 bits per heavy atom. The minimum absolute atomic E-state index is 0.113. The summed E-state index contributed by atoms with van der Waals surface area (Å²) >= 11 is 0. The molecule has 0 unspecified atom stereocenters. The number of anilines is 1. The summed E-state index contributed by atoms with van der Waals surface area (Å²) in [5.74, 6) is 1.02. The minimum atomic E-state index is -0.146. The molecule has 1 N–H and O–H groups in total. The molecule has 1 fully saturated rings. The molecule has 0 spiro atoms. The largest absolute Gasteiger partial charge is 0.343 e. The fourth-order valence-electron chi connectivity index (χ4n) is 3.44. The summed E-state index contributed by atoms with van der Waals surface area (Å²) < 4.78 is 0. The second-order valence-corrected chi connectivity index (χ2v) is 6.48. The van der Waals surface area contributed by atoms with Crippen molar-refractivity contribution < 1.29 is 4.79 Å². The lowest BCUT2D eigenvalue weighted by Crippen LogP contribution is -2.36. The Bertz CT molecular complexity index is 820. The molecule has 0 atom stereocenters. The summed E-state index contributed by atoms with van der Waals surface area (Å²) in [5, 5.41) is 0.515. The highest BCUT2D eigenvalue weighted by Crippen LogP contribution is 2.27. The van der Waals surface area contributed by atoms with Crippen LogP contribution in [0.3, 0.4) is 0 Å². The molecule has 0 bridgehead atoms. The number of fused-ring (bicyclic) bond motifs is 1. The van der Waals surface area contributed by atoms with Crippen LogP contribution in [0.1, 0.15) is 45.2 Å². The molecule has 1 saturated heterocycles. The average molecular weight is 343 g/mol. The number of likely N-dealkylation sites (tertiary alicyclic amines) is 1. The second kappa shape index (κ2) is 7.21. The van der Waals surface area contributed by atoms with Gasteiger partial charge in [0.1, 0.15) is 0 Å². The lowest BCUT2D eigenvalue weighted by Gasteiger charge is -2.31. The highest BCUT2D eigenvalue weighted by Gasteiger charge is 2.23. The van der Waals surface area contributed by atoms with Gasteiger partial charge in [0.2, 0.25) is 11.9 Å². The van der Waals surface area contributed by atoms with Crippen LogP contribution in [0.5, 0.6) is 0 Å². The third-order valence-corrected chi connectivity index (χ3v) is 5.03. The van der Waals surface area contributed by atoms with E-state index < -0.39 is 0 Å². The molecule has 2 aromatic rings. The first-order valence-corrected chi connectivity index (χ1v) is 8.93. The molecule has 0 aliphatic carbocycles. The Morgan fingerprint density at radius 1 is 1.32 bits per heavy atom. The van der Waals surface area contributed by atoms with Crippen LogP contribution in [0.2, 0.25) is 0 Å². The maximum Gasteiger partial charge on any atom is 0.259 e. The number of carbonyl (C=O) groups excluding carboxylic acids is 1. The maximum atomic E-state index is 12.4. The first kappa shape index (κ1) is 17.4. The van der Waals surface area contributed by atoms with Gasteiger partial charge in [-0.3, -0.25) is 9.59 Å². The Kier molecular flexibility index (Phi) is 5.01. The summed E-state index contributed by atoms with van der Waals surface area (Å²) in [6, 6.07) is 1.97. The van der Waals surface area contributed by atoms with Gasteiger partial charge in [0.25, 0.3) is 5.56 Å². The van der Waals surface area contributed by atoms with Crippen molar-refractivity contribution in [2.45, 2.75) is 39.5 Å². The molecule has 3 heterocycles. The summed E-state index contributed by atoms with van der Waals surface area (Å²) in [4.78, 5) is 39.7. The number of H-pyrrole nitrogens is 1. The molecule has 134 valence electrons. The fraction of sp³-hybridized carbons (Fsp3) is 0.556. The number of carbonyl (C=O) groups is 1. The first-order valence-electron chi connectivity index (χ1n) is 8.93. The van der Waals surface area contributed by atoms with Gasteiger partial charge in [0.05, 0.1) is 10.9 Å². The molecule has 2 aromatic heterocycles. The van der Waals surface area contributed by atoms with Crippen molar-refractivity contribution in [2.75, 3.05) is 31.1 Å². The van der Waals surface area contributed by atoms with Crippen LogP contribution >= 0.6 is 0 Å². The van der Waals surface area contributed by atoms with Crippen molar-refractivity contribution in [1.29, 1.82) is 0 Å². The number of amides is 1. The van der Waals surface area contributed by atoms with Gasteiger partial charge in [0, 0.05) is 50.9 Å². The van der Waals surface area contributed by atoms with E-state index in [-0.39, 0.29) is 17.4 Å². The number of nitrogens with zero attached hydrogens (tertiary/aromatic N) is 4. The Labute approximate surface area is 147 Å². The van der Waals surface area contributed by atoms with Crippen molar-refractivity contribution in [3.8, 4) is 0 Å². The number of hydrogen-bond acceptors (Lipinski definition) is 5. The molecule has 7 heteroatoms. The predicted molar refractivity (Wildman–Crippen MR) is 97.9 cm³/mol. The molecular weight excluding hydrogens is 318 g/mol. The lowest BCUT2D eigenvalue weighted by atomic mass is 9.92. The zero-order valence-corrected chi connectivity index (χ0v) is 15.1. The molecule has 1 aliphatic heterocycles. The molecule has 0 aromatic carbocycles. The van der Waals surface area contributed by atoms with E-state index >= 15 is 0 Å². The van der Waals surface area contributed by atoms with Gasteiger partial charge in [-0.1, -0.05) is 0 Å². The summed E-state index contributed by atoms with van der Waals surface area (Å²) in [7, 11) is 0. The number of pyridine rings is 1. The van der Waals surface area contributed by atoms with E-state index in [1.54, 1.807) is 13.1 Å². The van der Waals surface area contributed by atoms with Crippen molar-refractivity contribution in [1.82, 2.24) is 19.9 Å². The van der Waals surface area contributed by atoms with E-state index in [9.17, 15) is 9.59 Å². The van der Waals surface area contributed by atoms with Crippen LogP contribution in [0.25, 0.3) is 10.9 Å². The predicted octanol–water partition coefficient (Wildman–Crippen LogP) is 1.89. The Balaban J connectivity index is 1.92. The normalized spacial score (nSPS) is 15.6. The number of aromatic nitrogens is 3. The molecule has 7 nitrogen and oxygen atoms in total. The quantitative estimate of drug-likeness (QED) is 0.917. The summed E-state index contributed by atoms with van der Waals surface area (Å²) in [6.07, 6.45) is 3.32. The molecular formula is C18H25N5O2. The minimum Gasteiger partial charge on any atom is -0.343 e. The lowest BCUT2D eigenvalue weighted by molar-refractivity contribution is -0.129. The van der Waals surface area contributed by atoms with Crippen LogP contribution in [-0.4, -0.2) is 51.9 Å². The number of hydrogen-bond donors (Lipinski definition) is 1. The third kappa shape index (κ3) is 3.50. The van der Waals surface area contributed by atoms with Gasteiger partial charge in [-0.15, -0.1) is 0 Å². The maximum absolute atomic E-state index is 12.4. The molecule has 0 radical (unpaired) electrons. The van der Waals surface area contributed by atoms with Gasteiger partial charge < -0.3 is 14.8 Å². The number of rotatable bonds is 4. The zero-order valence-electron chi connectivity index (χ0n) is 15.1. The van der Waals surface area contributed by atoms with Crippen LogP contribution in [-0.2, 0) is 4.79 Å². The Hall–Kier alpha value is -2.44. The summed E-state index contributed by atoms with van der Waals surface area (Å²) in [6.45, 7) is 8.82. The van der Waals surface area contributed by atoms with Crippen molar-refractivity contribution >= 4 is 22.8 Å². The van der Waals surface area contributed by atoms with E-state index in [0.29, 0.717) is 16.9 Å². The molecule has 3 rings (SSSR count). The van der Waals surface area contributed by atoms with Crippen molar-refractivity contribution in [3.05, 3.63) is 28.3 Å². The van der Waals surface area contributed by atoms with Gasteiger partial charge in [-0.2, -0.15) is 0 Å². The van der Waals surface area contributed by atoms with Crippen LogP contribution < -0.4 is 10.5 Å². The Morgan fingerprint density at radius 3 is 2.60 bits per heavy atom. The number of nitrogens with one attached hydrogen (secondary N) is 1. The van der Waals surface area contributed by atoms with Gasteiger partial charge in [0.15, 0.2) is 0 Å². The van der Waals surface area contributed by atoms with Crippen LogP contribution in [0, 0.1) is 0 Å². The first-order chi connectivity index (χ1) is 12.0. The highest BCUT2D eigenvalue weighted by molar-refractivity contribution is 5.78. The van der Waals surface area contributed by atoms with Crippen LogP contribution in [0.15, 0.2) is 17.1 Å². The van der Waals surface area contributed by atoms with Gasteiger partial charge in [-0.25, -0.2) is 9.97 Å². The van der Waals surface area contributed by atoms with E-state index in [1.807, 2.05) is 11.0 Å². The van der Waals surface area contributed by atoms with Crippen LogP contribution in [0.4, 0.5) is 5.95 Å². The SMILES string of the molecule is CCN(CC)c1ncc2c(=O)[nH]c(C3CCN(C(C)=O)CC3)cc2n1. The van der Waals surface area contributed by atoms with Crippen molar-refractivity contribution in [3.63, 3.8) is 0 Å². The zero-order chi connectivity index (χ0) is 18.0. The van der Waals surface area contributed by atoms with E-state index in [2.05, 4.69) is 33.7 Å². The second-order valence-electron chi connectivity index (χ2n) is 6.48. The third-order valence-electron chi connectivity index (χ3n) is 5.03. The monoisotopic (exact) mass is 343 g/mol. The number of aromatic amines is 1. The number of piperidine rings is 1. The van der Waals surface area contributed by atoms with Crippen molar-refractivity contribution in [2.24, 2.45) is 0 Å². The standard InChI is InChI=1S/C18H25N5O2/c1-4-22(5-2)18-19-11-14-16(21-18)10-15(20-17(14)25)13-6-8-23(9-7-13)12(3)24/h10-11,13H,4-9H2,1-3H3,(H,20,25). The highest BCUT2D eigenvalue weighted by atomic mass is 16.2. The van der Waals surface area contributed by atoms with Gasteiger partial charge in [-0.05, 0) is 32.8 Å². The molecule has 1 amide bonds. The van der Waals surface area contributed by atoms with E-state index in [4.69, 9.17) is 0 Å². The molecule has 1 aliphatic rings. The smallest absolute Gasteiger partial charge is 0.259 e. The summed E-state index contributed by atoms with van der Waals surface area (Å²) in [5.41, 5.74) is 1.45. The molecule has 0 saturated carbocycles. The van der Waals surface area contributed by atoms with E-state index in [1.165, 1.54) is 0 Å². The average Bonchev–Trinajstić information content (AvgIpc) is 2.62.